The van der Waals surface area contributed by atoms with Gasteiger partial charge in [-0.1, -0.05) is 66.7 Å². The van der Waals surface area contributed by atoms with Gasteiger partial charge in [-0.2, -0.15) is 0 Å². The summed E-state index contributed by atoms with van der Waals surface area (Å²) in [5.41, 5.74) is 11.4. The minimum atomic E-state index is 0.240. The molecule has 0 radical (unpaired) electrons. The van der Waals surface area contributed by atoms with Crippen LogP contribution in [0.25, 0.3) is 22.3 Å². The van der Waals surface area contributed by atoms with Crippen molar-refractivity contribution in [2.75, 3.05) is 5.32 Å². The van der Waals surface area contributed by atoms with Crippen molar-refractivity contribution in [1.29, 1.82) is 0 Å². The predicted octanol–water partition coefficient (Wildman–Crippen LogP) is 8.82. The molecule has 9 rings (SSSR count). The molecule has 1 heteroatoms. The van der Waals surface area contributed by atoms with Crippen LogP contribution in [0.4, 0.5) is 11.4 Å². The molecule has 35 heavy (non-hydrogen) atoms. The lowest BCUT2D eigenvalue weighted by Crippen LogP contribution is -2.55. The van der Waals surface area contributed by atoms with Gasteiger partial charge in [0.05, 0.1) is 0 Å². The van der Waals surface area contributed by atoms with E-state index >= 15 is 0 Å². The smallest absolute Gasteiger partial charge is 0.0384 e. The molecule has 1 nitrogen and oxygen atoms in total. The van der Waals surface area contributed by atoms with Crippen molar-refractivity contribution < 1.29 is 0 Å². The molecule has 0 atom stereocenters. The maximum Gasteiger partial charge on any atom is 0.0384 e. The van der Waals surface area contributed by atoms with Crippen LogP contribution in [0.5, 0.6) is 0 Å². The Morgan fingerprint density at radius 3 is 1.86 bits per heavy atom. The molecule has 0 aromatic heterocycles. The topological polar surface area (TPSA) is 12.0 Å². The highest BCUT2D eigenvalue weighted by Crippen LogP contribution is 2.69. The van der Waals surface area contributed by atoms with Gasteiger partial charge in [-0.05, 0) is 119 Å². The van der Waals surface area contributed by atoms with E-state index in [0.29, 0.717) is 0 Å². The summed E-state index contributed by atoms with van der Waals surface area (Å²) in [5.74, 6) is 3.59. The zero-order valence-electron chi connectivity index (χ0n) is 20.1. The molecule has 1 spiro atoms. The summed E-state index contributed by atoms with van der Waals surface area (Å²) in [5, 5.41) is 3.52. The summed E-state index contributed by atoms with van der Waals surface area (Å²) in [4.78, 5) is 0. The van der Waals surface area contributed by atoms with Crippen molar-refractivity contribution >= 4 is 11.4 Å². The summed E-state index contributed by atoms with van der Waals surface area (Å²) in [6.07, 6.45) is 7.24. The second-order valence-corrected chi connectivity index (χ2v) is 11.5. The number of rotatable bonds is 3. The molecule has 4 saturated carbocycles. The van der Waals surface area contributed by atoms with Crippen LogP contribution in [-0.2, 0) is 5.41 Å². The number of hydrogen-bond donors (Lipinski definition) is 1. The highest BCUT2D eigenvalue weighted by Gasteiger charge is 2.61. The van der Waals surface area contributed by atoms with Crippen LogP contribution < -0.4 is 5.32 Å². The largest absolute Gasteiger partial charge is 0.356 e. The maximum absolute atomic E-state index is 3.52. The molecule has 4 aromatic carbocycles. The molecule has 5 aliphatic carbocycles. The molecule has 4 aromatic rings. The van der Waals surface area contributed by atoms with E-state index in [1.54, 1.807) is 11.1 Å². The van der Waals surface area contributed by atoms with Crippen LogP contribution in [0.15, 0.2) is 97.1 Å². The van der Waals surface area contributed by atoms with E-state index in [2.05, 4.69) is 102 Å². The first-order chi connectivity index (χ1) is 17.3. The van der Waals surface area contributed by atoms with Gasteiger partial charge in [0.2, 0.25) is 0 Å². The van der Waals surface area contributed by atoms with Crippen LogP contribution in [0.3, 0.4) is 0 Å². The van der Waals surface area contributed by atoms with Crippen molar-refractivity contribution in [2.45, 2.75) is 37.5 Å². The van der Waals surface area contributed by atoms with Gasteiger partial charge in [0.1, 0.15) is 0 Å². The zero-order valence-corrected chi connectivity index (χ0v) is 20.1. The predicted molar refractivity (Wildman–Crippen MR) is 145 cm³/mol. The lowest BCUT2D eigenvalue weighted by Gasteiger charge is -2.61. The van der Waals surface area contributed by atoms with E-state index < -0.39 is 0 Å². The first kappa shape index (κ1) is 19.9. The van der Waals surface area contributed by atoms with Crippen LogP contribution in [0.2, 0.25) is 0 Å². The Morgan fingerprint density at radius 2 is 1.11 bits per heavy atom. The lowest BCUT2D eigenvalue weighted by atomic mass is 9.43. The zero-order chi connectivity index (χ0) is 23.0. The number of nitrogens with one attached hydrogen (secondary N) is 1. The van der Waals surface area contributed by atoms with Gasteiger partial charge in [0.25, 0.3) is 0 Å². The Balaban J connectivity index is 1.22. The second kappa shape index (κ2) is 7.34. The van der Waals surface area contributed by atoms with Gasteiger partial charge in [-0.15, -0.1) is 0 Å². The fraction of sp³-hybridized carbons (Fsp3) is 0.294. The Bertz CT molecular complexity index is 1390. The van der Waals surface area contributed by atoms with Gasteiger partial charge in [0, 0.05) is 16.8 Å². The van der Waals surface area contributed by atoms with Crippen molar-refractivity contribution in [3.63, 3.8) is 0 Å². The third-order valence-electron chi connectivity index (χ3n) is 9.83. The van der Waals surface area contributed by atoms with Gasteiger partial charge in [0.15, 0.2) is 0 Å². The molecular formula is C34H31N. The number of fused-ring (bicyclic) bond motifs is 3. The number of anilines is 2. The van der Waals surface area contributed by atoms with Crippen molar-refractivity contribution in [2.24, 2.45) is 23.7 Å². The fourth-order valence-electron chi connectivity index (χ4n) is 8.77. The van der Waals surface area contributed by atoms with E-state index in [4.69, 9.17) is 0 Å². The first-order valence-electron chi connectivity index (χ1n) is 13.5. The quantitative estimate of drug-likeness (QED) is 0.327. The van der Waals surface area contributed by atoms with E-state index in [-0.39, 0.29) is 5.41 Å². The molecule has 0 saturated heterocycles. The molecule has 1 N–H and O–H groups in total. The third kappa shape index (κ3) is 2.82. The third-order valence-corrected chi connectivity index (χ3v) is 9.83. The van der Waals surface area contributed by atoms with Crippen molar-refractivity contribution in [3.8, 4) is 22.3 Å². The average molecular weight is 454 g/mol. The Kier molecular flexibility index (Phi) is 4.18. The second-order valence-electron chi connectivity index (χ2n) is 11.5. The van der Waals surface area contributed by atoms with Gasteiger partial charge in [-0.3, -0.25) is 0 Å². The van der Waals surface area contributed by atoms with Crippen molar-refractivity contribution in [3.05, 3.63) is 108 Å². The van der Waals surface area contributed by atoms with Crippen molar-refractivity contribution in [1.82, 2.24) is 0 Å². The average Bonchev–Trinajstić information content (AvgIpc) is 3.18. The van der Waals surface area contributed by atoms with Gasteiger partial charge < -0.3 is 5.32 Å². The Labute approximate surface area is 208 Å². The summed E-state index contributed by atoms with van der Waals surface area (Å²) in [6, 6.07) is 36.1. The minimum Gasteiger partial charge on any atom is -0.356 e. The molecular weight excluding hydrogens is 422 g/mol. The fourth-order valence-corrected chi connectivity index (χ4v) is 8.77. The van der Waals surface area contributed by atoms with Crippen LogP contribution >= 0.6 is 0 Å². The molecule has 4 fully saturated rings. The Hall–Kier alpha value is -3.32. The van der Waals surface area contributed by atoms with Gasteiger partial charge in [-0.25, -0.2) is 0 Å². The summed E-state index contributed by atoms with van der Waals surface area (Å²) in [6.45, 7) is 0. The van der Waals surface area contributed by atoms with Gasteiger partial charge >= 0.3 is 0 Å². The van der Waals surface area contributed by atoms with E-state index in [0.717, 1.165) is 35.0 Å². The number of hydrogen-bond acceptors (Lipinski definition) is 1. The monoisotopic (exact) mass is 453 g/mol. The van der Waals surface area contributed by atoms with E-state index in [9.17, 15) is 0 Å². The summed E-state index contributed by atoms with van der Waals surface area (Å²) < 4.78 is 0. The van der Waals surface area contributed by atoms with E-state index in [1.165, 1.54) is 54.4 Å². The molecule has 172 valence electrons. The standard InChI is InChI=1S/C34H31N/c1-2-6-28(7-3-1)35-29-13-10-24(11-14-29)25-12-15-31-30-8-4-5-9-32(30)34(33(31)21-25)26-17-22-16-23(19-26)20-27(34)18-22/h1-15,21-23,26-27,35H,16-20H2. The number of benzene rings is 4. The molecule has 0 aliphatic heterocycles. The van der Waals surface area contributed by atoms with Crippen LogP contribution in [0.1, 0.15) is 43.2 Å². The minimum absolute atomic E-state index is 0.240. The normalized spacial score (nSPS) is 29.3. The number of para-hydroxylation sites is 1. The SMILES string of the molecule is c1ccc(Nc2ccc(-c3ccc4c(c3)C3(c5ccccc5-4)C4CC5CC(C4)CC3C5)cc2)cc1. The lowest BCUT2D eigenvalue weighted by molar-refractivity contribution is -0.0399. The molecule has 4 bridgehead atoms. The first-order valence-corrected chi connectivity index (χ1v) is 13.5. The Morgan fingerprint density at radius 1 is 0.514 bits per heavy atom. The molecule has 0 amide bonds. The van der Waals surface area contributed by atoms with Crippen LogP contribution in [-0.4, -0.2) is 0 Å². The van der Waals surface area contributed by atoms with Crippen LogP contribution in [0, 0.1) is 23.7 Å². The molecule has 5 aliphatic rings. The highest BCUT2D eigenvalue weighted by atomic mass is 14.9. The highest BCUT2D eigenvalue weighted by molar-refractivity contribution is 5.85. The maximum atomic E-state index is 3.52. The van der Waals surface area contributed by atoms with E-state index in [1.807, 2.05) is 0 Å². The molecule has 0 unspecified atom stereocenters. The molecule has 0 heterocycles. The summed E-state index contributed by atoms with van der Waals surface area (Å²) >= 11 is 0. The summed E-state index contributed by atoms with van der Waals surface area (Å²) in [7, 11) is 0.